The molecule has 0 saturated carbocycles. The van der Waals surface area contributed by atoms with Crippen molar-refractivity contribution in [1.29, 1.82) is 0 Å². The zero-order valence-electron chi connectivity index (χ0n) is 12.0. The summed E-state index contributed by atoms with van der Waals surface area (Å²) >= 11 is 1.51. The Kier molecular flexibility index (Phi) is 5.77. The fourth-order valence-electron chi connectivity index (χ4n) is 1.71. The lowest BCUT2D eigenvalue weighted by molar-refractivity contribution is 0.0951. The quantitative estimate of drug-likeness (QED) is 0.598. The van der Waals surface area contributed by atoms with Crippen LogP contribution in [0.3, 0.4) is 0 Å². The van der Waals surface area contributed by atoms with E-state index in [0.29, 0.717) is 29.6 Å². The number of nitrogens with one attached hydrogen (secondary N) is 2. The van der Waals surface area contributed by atoms with E-state index in [-0.39, 0.29) is 5.91 Å². The molecule has 112 valence electrons. The van der Waals surface area contributed by atoms with Gasteiger partial charge in [0.2, 0.25) is 5.89 Å². The third kappa shape index (κ3) is 4.57. The Morgan fingerprint density at radius 1 is 1.33 bits per heavy atom. The number of hydrogen-bond acceptors (Lipinski definition) is 6. The molecule has 1 aromatic heterocycles. The van der Waals surface area contributed by atoms with Crippen molar-refractivity contribution in [2.45, 2.75) is 17.6 Å². The number of carbonyl (C=O) groups excluding carboxylic acids is 1. The van der Waals surface area contributed by atoms with Gasteiger partial charge in [0.05, 0.1) is 11.3 Å². The Labute approximate surface area is 127 Å². The molecule has 7 heteroatoms. The molecule has 0 saturated heterocycles. The summed E-state index contributed by atoms with van der Waals surface area (Å²) in [4.78, 5) is 17.2. The third-order valence-electron chi connectivity index (χ3n) is 2.71. The molecule has 1 heterocycles. The van der Waals surface area contributed by atoms with E-state index in [1.807, 2.05) is 31.3 Å². The minimum absolute atomic E-state index is 0.0740. The highest BCUT2D eigenvalue weighted by atomic mass is 32.2. The van der Waals surface area contributed by atoms with Crippen LogP contribution in [0.2, 0.25) is 0 Å². The minimum atomic E-state index is -0.0740. The highest BCUT2D eigenvalue weighted by molar-refractivity contribution is 7.98. The number of aromatic nitrogens is 2. The summed E-state index contributed by atoms with van der Waals surface area (Å²) in [5.74, 6) is 1.64. The fourth-order valence-corrected chi connectivity index (χ4v) is 2.60. The van der Waals surface area contributed by atoms with Crippen LogP contribution in [0.15, 0.2) is 33.7 Å². The smallest absolute Gasteiger partial charge is 0.252 e. The molecule has 2 aromatic rings. The zero-order valence-corrected chi connectivity index (χ0v) is 12.9. The van der Waals surface area contributed by atoms with Crippen LogP contribution < -0.4 is 10.6 Å². The Morgan fingerprint density at radius 2 is 2.14 bits per heavy atom. The van der Waals surface area contributed by atoms with E-state index in [9.17, 15) is 4.79 Å². The molecule has 2 rings (SSSR count). The number of thioether (sulfide) groups is 1. The second kappa shape index (κ2) is 7.80. The number of rotatable bonds is 7. The maximum absolute atomic E-state index is 12.2. The first-order valence-electron chi connectivity index (χ1n) is 6.64. The van der Waals surface area contributed by atoms with Crippen molar-refractivity contribution in [3.63, 3.8) is 0 Å². The predicted molar refractivity (Wildman–Crippen MR) is 81.3 cm³/mol. The van der Waals surface area contributed by atoms with Gasteiger partial charge in [0.25, 0.3) is 5.91 Å². The van der Waals surface area contributed by atoms with E-state index in [1.165, 1.54) is 11.8 Å². The van der Waals surface area contributed by atoms with Crippen LogP contribution in [0.4, 0.5) is 0 Å². The lowest BCUT2D eigenvalue weighted by atomic mass is 10.2. The summed E-state index contributed by atoms with van der Waals surface area (Å²) in [7, 11) is 1.85. The molecular formula is C14H18N4O2S. The second-order valence-corrected chi connectivity index (χ2v) is 5.40. The van der Waals surface area contributed by atoms with Crippen molar-refractivity contribution in [3.8, 4) is 0 Å². The summed E-state index contributed by atoms with van der Waals surface area (Å²) < 4.78 is 5.08. The van der Waals surface area contributed by atoms with Crippen LogP contribution in [0.5, 0.6) is 0 Å². The lowest BCUT2D eigenvalue weighted by Gasteiger charge is -2.09. The highest BCUT2D eigenvalue weighted by Crippen LogP contribution is 2.25. The number of nitrogens with zero attached hydrogens (tertiary/aromatic N) is 2. The average Bonchev–Trinajstić information content (AvgIpc) is 2.91. The molecule has 0 aliphatic heterocycles. The third-order valence-corrected chi connectivity index (χ3v) is 3.77. The number of hydrogen-bond donors (Lipinski definition) is 2. The first-order valence-corrected chi connectivity index (χ1v) is 7.63. The van der Waals surface area contributed by atoms with E-state index < -0.39 is 0 Å². The van der Waals surface area contributed by atoms with Crippen LogP contribution >= 0.6 is 11.8 Å². The molecule has 0 aliphatic rings. The van der Waals surface area contributed by atoms with Crippen molar-refractivity contribution in [1.82, 2.24) is 20.8 Å². The summed E-state index contributed by atoms with van der Waals surface area (Å²) in [6.07, 6.45) is 0. The molecule has 0 radical (unpaired) electrons. The van der Waals surface area contributed by atoms with Crippen LogP contribution in [-0.2, 0) is 5.75 Å². The van der Waals surface area contributed by atoms with Gasteiger partial charge in [-0.2, -0.15) is 4.98 Å². The van der Waals surface area contributed by atoms with E-state index in [4.69, 9.17) is 4.52 Å². The van der Waals surface area contributed by atoms with Gasteiger partial charge in [-0.1, -0.05) is 17.3 Å². The van der Waals surface area contributed by atoms with Crippen molar-refractivity contribution in [3.05, 3.63) is 41.5 Å². The normalized spacial score (nSPS) is 10.6. The second-order valence-electron chi connectivity index (χ2n) is 4.38. The first-order chi connectivity index (χ1) is 10.2. The topological polar surface area (TPSA) is 80.0 Å². The van der Waals surface area contributed by atoms with Gasteiger partial charge in [0, 0.05) is 18.0 Å². The van der Waals surface area contributed by atoms with Gasteiger partial charge in [0.1, 0.15) is 0 Å². The minimum Gasteiger partial charge on any atom is -0.351 e. The number of aryl methyl sites for hydroxylation is 1. The van der Waals surface area contributed by atoms with E-state index in [0.717, 1.165) is 11.4 Å². The van der Waals surface area contributed by atoms with Crippen molar-refractivity contribution >= 4 is 17.7 Å². The molecule has 2 N–H and O–H groups in total. The van der Waals surface area contributed by atoms with E-state index in [2.05, 4.69) is 20.8 Å². The van der Waals surface area contributed by atoms with Gasteiger partial charge >= 0.3 is 0 Å². The summed E-state index contributed by atoms with van der Waals surface area (Å²) in [5.41, 5.74) is 0.662. The number of likely N-dealkylation sites (N-methyl/N-ethyl adjacent to an activating group) is 1. The monoisotopic (exact) mass is 306 g/mol. The predicted octanol–water partition coefficient (Wildman–Crippen LogP) is 1.62. The fraction of sp³-hybridized carbons (Fsp3) is 0.357. The van der Waals surface area contributed by atoms with Crippen molar-refractivity contribution in [2.75, 3.05) is 20.1 Å². The van der Waals surface area contributed by atoms with E-state index in [1.54, 1.807) is 6.92 Å². The van der Waals surface area contributed by atoms with Gasteiger partial charge in [-0.15, -0.1) is 11.8 Å². The lowest BCUT2D eigenvalue weighted by Crippen LogP contribution is -2.30. The molecule has 1 amide bonds. The molecule has 6 nitrogen and oxygen atoms in total. The van der Waals surface area contributed by atoms with Crippen LogP contribution in [-0.4, -0.2) is 36.2 Å². The van der Waals surface area contributed by atoms with Gasteiger partial charge in [-0.25, -0.2) is 0 Å². The maximum Gasteiger partial charge on any atom is 0.252 e. The van der Waals surface area contributed by atoms with Crippen LogP contribution in [0, 0.1) is 6.92 Å². The van der Waals surface area contributed by atoms with Crippen molar-refractivity contribution < 1.29 is 9.32 Å². The van der Waals surface area contributed by atoms with Gasteiger partial charge in [0.15, 0.2) is 5.82 Å². The summed E-state index contributed by atoms with van der Waals surface area (Å²) in [6, 6.07) is 7.50. The number of benzene rings is 1. The molecule has 0 bridgehead atoms. The molecule has 0 atom stereocenters. The Balaban J connectivity index is 2.00. The molecule has 1 aromatic carbocycles. The molecule has 0 spiro atoms. The Bertz CT molecular complexity index is 600. The van der Waals surface area contributed by atoms with E-state index >= 15 is 0 Å². The number of carbonyl (C=O) groups is 1. The van der Waals surface area contributed by atoms with Gasteiger partial charge in [-0.3, -0.25) is 4.79 Å². The zero-order chi connectivity index (χ0) is 15.1. The van der Waals surface area contributed by atoms with Gasteiger partial charge in [-0.05, 0) is 26.1 Å². The molecule has 21 heavy (non-hydrogen) atoms. The Hall–Kier alpha value is -1.86. The Morgan fingerprint density at radius 3 is 2.86 bits per heavy atom. The van der Waals surface area contributed by atoms with Crippen molar-refractivity contribution in [2.24, 2.45) is 0 Å². The SMILES string of the molecule is CNCCNC(=O)c1ccccc1SCc1nc(C)no1. The maximum atomic E-state index is 12.2. The molecular weight excluding hydrogens is 288 g/mol. The molecule has 0 unspecified atom stereocenters. The van der Waals surface area contributed by atoms with Crippen LogP contribution in [0.25, 0.3) is 0 Å². The van der Waals surface area contributed by atoms with Gasteiger partial charge < -0.3 is 15.2 Å². The average molecular weight is 306 g/mol. The molecule has 0 fully saturated rings. The molecule has 0 aliphatic carbocycles. The standard InChI is InChI=1S/C14H18N4O2S/c1-10-17-13(20-18-10)9-21-12-6-4-3-5-11(12)14(19)16-8-7-15-2/h3-6,15H,7-9H2,1-2H3,(H,16,19). The largest absolute Gasteiger partial charge is 0.351 e. The highest BCUT2D eigenvalue weighted by Gasteiger charge is 2.12. The summed E-state index contributed by atoms with van der Waals surface area (Å²) in [5, 5.41) is 9.62. The van der Waals surface area contributed by atoms with Crippen LogP contribution in [0.1, 0.15) is 22.1 Å². The number of amides is 1. The first kappa shape index (κ1) is 15.5. The summed E-state index contributed by atoms with van der Waals surface area (Å²) in [6.45, 7) is 3.11.